The molecule has 1 heterocycles. The summed E-state index contributed by atoms with van der Waals surface area (Å²) in [6.07, 6.45) is 4.66. The molecule has 1 amide bonds. The molecule has 1 aliphatic heterocycles. The second kappa shape index (κ2) is 9.13. The van der Waals surface area contributed by atoms with Crippen molar-refractivity contribution in [1.29, 1.82) is 0 Å². The maximum absolute atomic E-state index is 12.4. The van der Waals surface area contributed by atoms with E-state index in [1.807, 2.05) is 25.7 Å². The molecule has 0 aromatic heterocycles. The van der Waals surface area contributed by atoms with E-state index >= 15 is 0 Å². The van der Waals surface area contributed by atoms with E-state index in [1.54, 1.807) is 11.1 Å². The third kappa shape index (κ3) is 5.87. The highest BCUT2D eigenvalue weighted by Crippen LogP contribution is 2.45. The van der Waals surface area contributed by atoms with Crippen LogP contribution < -0.4 is 0 Å². The van der Waals surface area contributed by atoms with Gasteiger partial charge in [0.25, 0.3) is 0 Å². The van der Waals surface area contributed by atoms with Gasteiger partial charge in [-0.1, -0.05) is 55.7 Å². The molecular formula is C26H40N2O2. The lowest BCUT2D eigenvalue weighted by atomic mass is 9.70. The van der Waals surface area contributed by atoms with Crippen LogP contribution in [-0.4, -0.2) is 54.2 Å². The Morgan fingerprint density at radius 3 is 2.30 bits per heavy atom. The molecule has 0 bridgehead atoms. The van der Waals surface area contributed by atoms with Crippen LogP contribution in [0.15, 0.2) is 29.8 Å². The summed E-state index contributed by atoms with van der Waals surface area (Å²) in [5, 5.41) is 0. The number of nitrogens with zero attached hydrogens (tertiary/aromatic N) is 2. The van der Waals surface area contributed by atoms with Crippen LogP contribution in [0, 0.1) is 12.3 Å². The predicted octanol–water partition coefficient (Wildman–Crippen LogP) is 5.90. The molecule has 1 aliphatic carbocycles. The minimum Gasteiger partial charge on any atom is -0.444 e. The maximum atomic E-state index is 12.4. The number of carbonyl (C=O) groups is 1. The smallest absolute Gasteiger partial charge is 0.410 e. The zero-order valence-corrected chi connectivity index (χ0v) is 19.9. The first kappa shape index (κ1) is 22.9. The van der Waals surface area contributed by atoms with Gasteiger partial charge in [0.1, 0.15) is 5.60 Å². The molecule has 1 fully saturated rings. The van der Waals surface area contributed by atoms with E-state index in [-0.39, 0.29) is 6.09 Å². The number of carbonyl (C=O) groups excluding carboxylic acids is 1. The van der Waals surface area contributed by atoms with Crippen LogP contribution in [-0.2, 0) is 4.74 Å². The molecule has 4 nitrogen and oxygen atoms in total. The van der Waals surface area contributed by atoms with Crippen LogP contribution in [0.4, 0.5) is 4.79 Å². The van der Waals surface area contributed by atoms with Crippen molar-refractivity contribution in [3.8, 4) is 0 Å². The molecule has 1 unspecified atom stereocenters. The van der Waals surface area contributed by atoms with Crippen molar-refractivity contribution in [2.75, 3.05) is 32.7 Å². The summed E-state index contributed by atoms with van der Waals surface area (Å²) < 4.78 is 5.54. The highest BCUT2D eigenvalue weighted by Gasteiger charge is 2.32. The summed E-state index contributed by atoms with van der Waals surface area (Å²) in [7, 11) is 0. The lowest BCUT2D eigenvalue weighted by Crippen LogP contribution is -2.50. The van der Waals surface area contributed by atoms with Crippen molar-refractivity contribution in [3.63, 3.8) is 0 Å². The molecule has 1 aromatic rings. The van der Waals surface area contributed by atoms with Gasteiger partial charge >= 0.3 is 6.09 Å². The van der Waals surface area contributed by atoms with Gasteiger partial charge in [-0.05, 0) is 63.5 Å². The second-order valence-corrected chi connectivity index (χ2v) is 10.5. The number of hydrogen-bond acceptors (Lipinski definition) is 3. The number of allylic oxidation sites excluding steroid dienone is 1. The van der Waals surface area contributed by atoms with E-state index in [9.17, 15) is 4.79 Å². The van der Waals surface area contributed by atoms with Crippen molar-refractivity contribution in [1.82, 2.24) is 9.80 Å². The third-order valence-electron chi connectivity index (χ3n) is 6.75. The number of amides is 1. The highest BCUT2D eigenvalue weighted by molar-refractivity contribution is 5.71. The molecule has 3 rings (SSSR count). The topological polar surface area (TPSA) is 32.8 Å². The Morgan fingerprint density at radius 2 is 1.73 bits per heavy atom. The average Bonchev–Trinajstić information content (AvgIpc) is 2.69. The average molecular weight is 413 g/mol. The third-order valence-corrected chi connectivity index (χ3v) is 6.75. The Morgan fingerprint density at radius 1 is 1.10 bits per heavy atom. The van der Waals surface area contributed by atoms with Crippen LogP contribution in [0.1, 0.15) is 71.4 Å². The molecule has 166 valence electrons. The molecule has 1 aromatic carbocycles. The van der Waals surface area contributed by atoms with Gasteiger partial charge in [0.05, 0.1) is 0 Å². The van der Waals surface area contributed by atoms with Gasteiger partial charge in [0, 0.05) is 32.7 Å². The first-order chi connectivity index (χ1) is 14.1. The lowest BCUT2D eigenvalue weighted by Gasteiger charge is -2.39. The molecule has 0 spiro atoms. The number of piperazine rings is 1. The van der Waals surface area contributed by atoms with Gasteiger partial charge in [-0.15, -0.1) is 0 Å². The van der Waals surface area contributed by atoms with Crippen molar-refractivity contribution in [2.45, 2.75) is 72.8 Å². The predicted molar refractivity (Wildman–Crippen MR) is 125 cm³/mol. The molecule has 30 heavy (non-hydrogen) atoms. The van der Waals surface area contributed by atoms with Gasteiger partial charge in [0.2, 0.25) is 0 Å². The van der Waals surface area contributed by atoms with E-state index in [4.69, 9.17) is 4.74 Å². The van der Waals surface area contributed by atoms with Crippen LogP contribution >= 0.6 is 0 Å². The normalized spacial score (nSPS) is 23.6. The Kier molecular flexibility index (Phi) is 6.96. The monoisotopic (exact) mass is 412 g/mol. The van der Waals surface area contributed by atoms with Crippen molar-refractivity contribution in [3.05, 3.63) is 41.0 Å². The largest absolute Gasteiger partial charge is 0.444 e. The highest BCUT2D eigenvalue weighted by atomic mass is 16.6. The first-order valence-electron chi connectivity index (χ1n) is 11.6. The second-order valence-electron chi connectivity index (χ2n) is 10.5. The minimum absolute atomic E-state index is 0.182. The molecule has 0 saturated carbocycles. The summed E-state index contributed by atoms with van der Waals surface area (Å²) in [6.45, 7) is 17.0. The molecule has 2 aliphatic rings. The Hall–Kier alpha value is -1.81. The number of hydrogen-bond donors (Lipinski definition) is 0. The minimum atomic E-state index is -0.435. The fourth-order valence-corrected chi connectivity index (χ4v) is 4.47. The van der Waals surface area contributed by atoms with E-state index in [1.165, 1.54) is 36.8 Å². The maximum Gasteiger partial charge on any atom is 0.410 e. The molecule has 4 heteroatoms. The van der Waals surface area contributed by atoms with Gasteiger partial charge < -0.3 is 9.64 Å². The first-order valence-corrected chi connectivity index (χ1v) is 11.6. The van der Waals surface area contributed by atoms with Gasteiger partial charge in [-0.25, -0.2) is 4.79 Å². The van der Waals surface area contributed by atoms with Crippen LogP contribution in [0.25, 0.3) is 5.57 Å². The van der Waals surface area contributed by atoms with Gasteiger partial charge in [-0.3, -0.25) is 4.90 Å². The fraction of sp³-hybridized carbons (Fsp3) is 0.654. The SMILES string of the molecule is CCC1(C)CCC(CN2CCN(C(=O)OC(C)(C)C)CC2)=C(c2ccc(C)cc2)C1. The van der Waals surface area contributed by atoms with Crippen LogP contribution in [0.3, 0.4) is 0 Å². The van der Waals surface area contributed by atoms with Crippen LogP contribution in [0.2, 0.25) is 0 Å². The summed E-state index contributed by atoms with van der Waals surface area (Å²) >= 11 is 0. The quantitative estimate of drug-likeness (QED) is 0.617. The molecule has 1 atom stereocenters. The number of rotatable bonds is 4. The Bertz CT molecular complexity index is 767. The standard InChI is InChI=1S/C26H40N2O2/c1-7-26(6)13-12-22(23(18-26)21-10-8-20(2)9-11-21)19-27-14-16-28(17-15-27)24(29)30-25(3,4)5/h8-11H,7,12-19H2,1-6H3. The number of benzene rings is 1. The number of ether oxygens (including phenoxy) is 1. The van der Waals surface area contributed by atoms with E-state index in [2.05, 4.69) is 49.9 Å². The number of aryl methyl sites for hydroxylation is 1. The van der Waals surface area contributed by atoms with Crippen molar-refractivity contribution in [2.24, 2.45) is 5.41 Å². The summed E-state index contributed by atoms with van der Waals surface area (Å²) in [5.74, 6) is 0. The zero-order chi connectivity index (χ0) is 21.9. The Balaban J connectivity index is 1.70. The molecule has 1 saturated heterocycles. The molecule has 0 N–H and O–H groups in total. The van der Waals surface area contributed by atoms with E-state index in [0.29, 0.717) is 5.41 Å². The summed E-state index contributed by atoms with van der Waals surface area (Å²) in [6, 6.07) is 9.06. The van der Waals surface area contributed by atoms with Crippen LogP contribution in [0.5, 0.6) is 0 Å². The van der Waals surface area contributed by atoms with E-state index in [0.717, 1.165) is 32.7 Å². The molecular weight excluding hydrogens is 372 g/mol. The van der Waals surface area contributed by atoms with E-state index < -0.39 is 5.60 Å². The summed E-state index contributed by atoms with van der Waals surface area (Å²) in [4.78, 5) is 16.7. The lowest BCUT2D eigenvalue weighted by molar-refractivity contribution is 0.0151. The van der Waals surface area contributed by atoms with Crippen molar-refractivity contribution < 1.29 is 9.53 Å². The van der Waals surface area contributed by atoms with Gasteiger partial charge in [0.15, 0.2) is 0 Å². The van der Waals surface area contributed by atoms with Crippen molar-refractivity contribution >= 4 is 11.7 Å². The molecule has 0 radical (unpaired) electrons. The van der Waals surface area contributed by atoms with Gasteiger partial charge in [-0.2, -0.15) is 0 Å². The fourth-order valence-electron chi connectivity index (χ4n) is 4.47. The zero-order valence-electron chi connectivity index (χ0n) is 19.9. The summed E-state index contributed by atoms with van der Waals surface area (Å²) in [5.41, 5.74) is 5.82. The Labute approximate surface area is 183 Å².